The third kappa shape index (κ3) is 7.02. The van der Waals surface area contributed by atoms with Crippen molar-refractivity contribution < 1.29 is 14.6 Å². The summed E-state index contributed by atoms with van der Waals surface area (Å²) < 4.78 is 11.5. The molecule has 2 aliphatic rings. The Bertz CT molecular complexity index is 162. The Morgan fingerprint density at radius 3 is 1.59 bits per heavy atom. The highest BCUT2D eigenvalue weighted by Crippen LogP contribution is 2.36. The van der Waals surface area contributed by atoms with Gasteiger partial charge in [-0.1, -0.05) is 33.1 Å². The van der Waals surface area contributed by atoms with Gasteiger partial charge in [-0.25, -0.2) is 0 Å². The van der Waals surface area contributed by atoms with Gasteiger partial charge < -0.3 is 14.6 Å². The highest BCUT2D eigenvalue weighted by atomic mass is 16.7. The van der Waals surface area contributed by atoms with Gasteiger partial charge in [-0.3, -0.25) is 0 Å². The number of hydrogen-bond acceptors (Lipinski definition) is 3. The second-order valence-corrected chi connectivity index (χ2v) is 5.02. The van der Waals surface area contributed by atoms with Crippen LogP contribution in [0, 0.1) is 0 Å². The molecule has 17 heavy (non-hydrogen) atoms. The molecule has 2 fully saturated rings. The van der Waals surface area contributed by atoms with Crippen LogP contribution in [0.3, 0.4) is 0 Å². The number of aliphatic hydroxyl groups excluding tert-OH is 1. The van der Waals surface area contributed by atoms with Gasteiger partial charge in [-0.2, -0.15) is 0 Å². The van der Waals surface area contributed by atoms with Gasteiger partial charge in [-0.15, -0.1) is 0 Å². The highest BCUT2D eigenvalue weighted by molar-refractivity contribution is 4.84. The van der Waals surface area contributed by atoms with Crippen molar-refractivity contribution in [3.63, 3.8) is 0 Å². The van der Waals surface area contributed by atoms with Gasteiger partial charge in [0.05, 0.1) is 12.2 Å². The van der Waals surface area contributed by atoms with Crippen molar-refractivity contribution in [2.75, 3.05) is 6.61 Å². The van der Waals surface area contributed by atoms with Crippen LogP contribution in [0.1, 0.15) is 66.7 Å². The number of hydrogen-bond donors (Lipinski definition) is 1. The minimum Gasteiger partial charge on any atom is -0.397 e. The molecule has 1 saturated carbocycles. The first kappa shape index (κ1) is 16.9. The Labute approximate surface area is 107 Å². The van der Waals surface area contributed by atoms with Gasteiger partial charge in [-0.05, 0) is 33.6 Å². The Balaban J connectivity index is 0.000000366. The van der Waals surface area contributed by atoms with E-state index in [-0.39, 0.29) is 12.4 Å². The van der Waals surface area contributed by atoms with E-state index in [1.807, 2.05) is 13.8 Å². The molecule has 2 unspecified atom stereocenters. The monoisotopic (exact) mass is 246 g/mol. The number of rotatable bonds is 0. The predicted molar refractivity (Wildman–Crippen MR) is 71.0 cm³/mol. The van der Waals surface area contributed by atoms with Gasteiger partial charge in [0.15, 0.2) is 5.79 Å². The Hall–Kier alpha value is -0.120. The van der Waals surface area contributed by atoms with Crippen LogP contribution in [0.5, 0.6) is 0 Å². The molecule has 0 aromatic carbocycles. The summed E-state index contributed by atoms with van der Waals surface area (Å²) in [7, 11) is 0. The maximum atomic E-state index is 7.57. The van der Waals surface area contributed by atoms with Gasteiger partial charge in [0.1, 0.15) is 0 Å². The van der Waals surface area contributed by atoms with E-state index in [1.54, 1.807) is 6.92 Å². The van der Waals surface area contributed by atoms with Crippen LogP contribution in [0.25, 0.3) is 0 Å². The molecule has 1 heterocycles. The second kappa shape index (κ2) is 8.90. The smallest absolute Gasteiger partial charge is 0.163 e. The molecule has 1 aliphatic carbocycles. The van der Waals surface area contributed by atoms with E-state index in [4.69, 9.17) is 14.6 Å². The van der Waals surface area contributed by atoms with Crippen molar-refractivity contribution in [3.8, 4) is 0 Å². The quantitative estimate of drug-likeness (QED) is 0.711. The molecule has 2 atom stereocenters. The fourth-order valence-electron chi connectivity index (χ4n) is 2.09. The summed E-state index contributed by atoms with van der Waals surface area (Å²) in [4.78, 5) is 0. The van der Waals surface area contributed by atoms with E-state index in [1.165, 1.54) is 32.1 Å². The Morgan fingerprint density at radius 1 is 1.00 bits per heavy atom. The molecule has 0 aromatic rings. The van der Waals surface area contributed by atoms with Crippen LogP contribution in [0.15, 0.2) is 0 Å². The first-order valence-corrected chi connectivity index (χ1v) is 6.97. The number of fused-ring (bicyclic) bond motifs is 1. The lowest BCUT2D eigenvalue weighted by Gasteiger charge is -2.21. The molecule has 1 aliphatic heterocycles. The summed E-state index contributed by atoms with van der Waals surface area (Å²) in [5.74, 6) is -0.320. The largest absolute Gasteiger partial charge is 0.397 e. The van der Waals surface area contributed by atoms with E-state index in [9.17, 15) is 0 Å². The minimum atomic E-state index is -0.320. The molecule has 0 aromatic heterocycles. The lowest BCUT2D eigenvalue weighted by Crippen LogP contribution is -2.25. The Kier molecular flexibility index (Phi) is 8.83. The maximum Gasteiger partial charge on any atom is 0.163 e. The minimum absolute atomic E-state index is 0.250. The molecule has 2 rings (SSSR count). The van der Waals surface area contributed by atoms with Crippen LogP contribution in [0.4, 0.5) is 0 Å². The molecule has 0 spiro atoms. The van der Waals surface area contributed by atoms with E-state index >= 15 is 0 Å². The van der Waals surface area contributed by atoms with Crippen molar-refractivity contribution in [2.24, 2.45) is 0 Å². The fourth-order valence-corrected chi connectivity index (χ4v) is 2.09. The summed E-state index contributed by atoms with van der Waals surface area (Å²) in [6, 6.07) is 0. The average molecular weight is 246 g/mol. The normalized spacial score (nSPS) is 29.3. The van der Waals surface area contributed by atoms with Gasteiger partial charge in [0.2, 0.25) is 0 Å². The van der Waals surface area contributed by atoms with Crippen molar-refractivity contribution in [3.05, 3.63) is 0 Å². The summed E-state index contributed by atoms with van der Waals surface area (Å²) in [6.45, 7) is 10.2. The van der Waals surface area contributed by atoms with E-state index < -0.39 is 0 Å². The summed E-state index contributed by atoms with van der Waals surface area (Å²) in [6.07, 6.45) is 7.01. The summed E-state index contributed by atoms with van der Waals surface area (Å²) >= 11 is 0. The summed E-state index contributed by atoms with van der Waals surface area (Å²) in [5, 5.41) is 7.57. The van der Waals surface area contributed by atoms with Crippen molar-refractivity contribution >= 4 is 0 Å². The molecule has 0 amide bonds. The van der Waals surface area contributed by atoms with Crippen LogP contribution >= 0.6 is 0 Å². The van der Waals surface area contributed by atoms with E-state index in [0.717, 1.165) is 0 Å². The van der Waals surface area contributed by atoms with E-state index in [0.29, 0.717) is 12.2 Å². The SMILES string of the molecule is CC1(C)OC2CCCCC2O1.CCC.CCO. The van der Waals surface area contributed by atoms with Crippen LogP contribution in [-0.2, 0) is 9.47 Å². The zero-order chi connectivity index (χ0) is 13.3. The zero-order valence-corrected chi connectivity index (χ0v) is 12.2. The molecule has 0 bridgehead atoms. The van der Waals surface area contributed by atoms with Crippen molar-refractivity contribution in [1.29, 1.82) is 0 Å². The average Bonchev–Trinajstić information content (AvgIpc) is 2.53. The molecular weight excluding hydrogens is 216 g/mol. The van der Waals surface area contributed by atoms with Gasteiger partial charge >= 0.3 is 0 Å². The van der Waals surface area contributed by atoms with Gasteiger partial charge in [0.25, 0.3) is 0 Å². The Morgan fingerprint density at radius 2 is 1.29 bits per heavy atom. The molecule has 1 saturated heterocycles. The molecule has 0 radical (unpaired) electrons. The second-order valence-electron chi connectivity index (χ2n) is 5.02. The standard InChI is InChI=1S/C9H16O2.C3H8.C2H6O/c1-9(2)10-7-5-3-4-6-8(7)11-9;1-3-2;1-2-3/h7-8H,3-6H2,1-2H3;3H2,1-2H3;3H,2H2,1H3. The highest BCUT2D eigenvalue weighted by Gasteiger charge is 2.41. The molecule has 3 heteroatoms. The zero-order valence-electron chi connectivity index (χ0n) is 12.2. The lowest BCUT2D eigenvalue weighted by atomic mass is 9.95. The third-order valence-corrected chi connectivity index (χ3v) is 2.51. The lowest BCUT2D eigenvalue weighted by molar-refractivity contribution is -0.145. The molecule has 3 nitrogen and oxygen atoms in total. The van der Waals surface area contributed by atoms with Crippen molar-refractivity contribution in [1.82, 2.24) is 0 Å². The maximum absolute atomic E-state index is 7.57. The topological polar surface area (TPSA) is 38.7 Å². The number of aliphatic hydroxyl groups is 1. The molecule has 1 N–H and O–H groups in total. The fraction of sp³-hybridized carbons (Fsp3) is 1.00. The predicted octanol–water partition coefficient (Wildman–Crippen LogP) is 3.50. The third-order valence-electron chi connectivity index (χ3n) is 2.51. The number of ether oxygens (including phenoxy) is 2. The van der Waals surface area contributed by atoms with E-state index in [2.05, 4.69) is 13.8 Å². The molecule has 104 valence electrons. The first-order valence-electron chi connectivity index (χ1n) is 6.97. The van der Waals surface area contributed by atoms with Crippen molar-refractivity contribution in [2.45, 2.75) is 84.7 Å². The summed E-state index contributed by atoms with van der Waals surface area (Å²) in [5.41, 5.74) is 0. The van der Waals surface area contributed by atoms with Crippen LogP contribution in [0.2, 0.25) is 0 Å². The van der Waals surface area contributed by atoms with Gasteiger partial charge in [0, 0.05) is 6.61 Å². The molecular formula is C14H30O3. The van der Waals surface area contributed by atoms with Crippen LogP contribution in [-0.4, -0.2) is 29.7 Å². The van der Waals surface area contributed by atoms with Crippen LogP contribution < -0.4 is 0 Å². The first-order chi connectivity index (χ1) is 8.00.